The molecule has 2 rings (SSSR count). The zero-order chi connectivity index (χ0) is 13.3. The Hall–Kier alpha value is -0.830. The van der Waals surface area contributed by atoms with Gasteiger partial charge in [-0.2, -0.15) is 0 Å². The Bertz CT molecular complexity index is 396. The average Bonchev–Trinajstić information content (AvgIpc) is 2.61. The van der Waals surface area contributed by atoms with Crippen LogP contribution in [0.25, 0.3) is 0 Å². The third-order valence-electron chi connectivity index (χ3n) is 4.28. The minimum atomic E-state index is 0.726. The lowest BCUT2D eigenvalue weighted by atomic mass is 9.85. The summed E-state index contributed by atoms with van der Waals surface area (Å²) in [5, 5.41) is 3.40. The van der Waals surface area contributed by atoms with E-state index in [-0.39, 0.29) is 0 Å². The number of aromatic nitrogens is 2. The molecule has 0 radical (unpaired) electrons. The predicted molar refractivity (Wildman–Crippen MR) is 75.5 cm³/mol. The van der Waals surface area contributed by atoms with Gasteiger partial charge in [-0.15, -0.1) is 0 Å². The molecule has 102 valence electrons. The van der Waals surface area contributed by atoms with Crippen LogP contribution in [0.2, 0.25) is 0 Å². The van der Waals surface area contributed by atoms with E-state index in [0.29, 0.717) is 0 Å². The van der Waals surface area contributed by atoms with E-state index in [2.05, 4.69) is 44.5 Å². The van der Waals surface area contributed by atoms with E-state index >= 15 is 0 Å². The number of hydrogen-bond donors (Lipinski definition) is 1. The van der Waals surface area contributed by atoms with Gasteiger partial charge in [0.25, 0.3) is 0 Å². The van der Waals surface area contributed by atoms with Gasteiger partial charge >= 0.3 is 0 Å². The van der Waals surface area contributed by atoms with Gasteiger partial charge < -0.3 is 9.88 Å². The second kappa shape index (κ2) is 5.43. The Labute approximate surface area is 111 Å². The summed E-state index contributed by atoms with van der Waals surface area (Å²) in [6.07, 6.45) is 1.12. The van der Waals surface area contributed by atoms with Crippen LogP contribution in [0, 0.1) is 24.7 Å². The van der Waals surface area contributed by atoms with Crippen LogP contribution < -0.4 is 5.32 Å². The number of imidazole rings is 1. The van der Waals surface area contributed by atoms with Crippen LogP contribution in [-0.2, 0) is 19.5 Å². The first kappa shape index (κ1) is 13.6. The monoisotopic (exact) mass is 249 g/mol. The maximum Gasteiger partial charge on any atom is 0.106 e. The summed E-state index contributed by atoms with van der Waals surface area (Å²) < 4.78 is 2.47. The highest BCUT2D eigenvalue weighted by atomic mass is 15.1. The highest BCUT2D eigenvalue weighted by molar-refractivity contribution is 5.19. The topological polar surface area (TPSA) is 29.9 Å². The number of rotatable bonds is 4. The minimum Gasteiger partial charge on any atom is -0.332 e. The molecule has 0 atom stereocenters. The molecule has 3 heteroatoms. The Morgan fingerprint density at radius 2 is 1.89 bits per heavy atom. The molecular weight excluding hydrogens is 222 g/mol. The third kappa shape index (κ3) is 2.61. The Balaban J connectivity index is 2.25. The molecule has 0 saturated heterocycles. The van der Waals surface area contributed by atoms with E-state index in [0.717, 1.165) is 43.8 Å². The van der Waals surface area contributed by atoms with Crippen LogP contribution in [0.15, 0.2) is 0 Å². The van der Waals surface area contributed by atoms with Crippen molar-refractivity contribution in [1.29, 1.82) is 0 Å². The van der Waals surface area contributed by atoms with Gasteiger partial charge in [-0.1, -0.05) is 27.7 Å². The van der Waals surface area contributed by atoms with Crippen molar-refractivity contribution < 1.29 is 0 Å². The lowest BCUT2D eigenvalue weighted by Gasteiger charge is -2.27. The van der Waals surface area contributed by atoms with Crippen LogP contribution in [0.5, 0.6) is 0 Å². The lowest BCUT2D eigenvalue weighted by molar-refractivity contribution is 0.247. The van der Waals surface area contributed by atoms with Gasteiger partial charge in [0.05, 0.1) is 5.69 Å². The summed E-state index contributed by atoms with van der Waals surface area (Å²) in [5.41, 5.74) is 2.74. The van der Waals surface area contributed by atoms with Crippen LogP contribution in [-0.4, -0.2) is 16.1 Å². The van der Waals surface area contributed by atoms with Crippen molar-refractivity contribution in [3.63, 3.8) is 0 Å². The van der Waals surface area contributed by atoms with E-state index in [1.807, 2.05) is 0 Å². The van der Waals surface area contributed by atoms with E-state index in [1.54, 1.807) is 0 Å². The molecule has 0 unspecified atom stereocenters. The van der Waals surface area contributed by atoms with E-state index in [9.17, 15) is 0 Å². The second-order valence-electron chi connectivity index (χ2n) is 6.24. The van der Waals surface area contributed by atoms with Gasteiger partial charge in [-0.25, -0.2) is 4.98 Å². The highest BCUT2D eigenvalue weighted by Crippen LogP contribution is 2.25. The van der Waals surface area contributed by atoms with E-state index in [4.69, 9.17) is 4.98 Å². The smallest absolute Gasteiger partial charge is 0.106 e. The maximum atomic E-state index is 4.72. The van der Waals surface area contributed by atoms with Crippen LogP contribution >= 0.6 is 0 Å². The first-order valence-corrected chi connectivity index (χ1v) is 7.26. The van der Waals surface area contributed by atoms with Crippen molar-refractivity contribution in [1.82, 2.24) is 14.9 Å². The summed E-state index contributed by atoms with van der Waals surface area (Å²) in [5.74, 6) is 3.38. The van der Waals surface area contributed by atoms with Gasteiger partial charge in [-0.3, -0.25) is 0 Å². The molecule has 0 fully saturated rings. The zero-order valence-corrected chi connectivity index (χ0v) is 12.5. The molecule has 1 N–H and O–H groups in total. The number of fused-ring (bicyclic) bond motifs is 1. The largest absolute Gasteiger partial charge is 0.332 e. The molecule has 0 amide bonds. The number of nitrogens with zero attached hydrogens (tertiary/aromatic N) is 2. The average molecular weight is 249 g/mol. The number of aryl methyl sites for hydroxylation is 1. The summed E-state index contributed by atoms with van der Waals surface area (Å²) in [7, 11) is 0. The highest BCUT2D eigenvalue weighted by Gasteiger charge is 2.23. The van der Waals surface area contributed by atoms with Crippen LogP contribution in [0.1, 0.15) is 44.9 Å². The van der Waals surface area contributed by atoms with Crippen molar-refractivity contribution in [3.8, 4) is 0 Å². The van der Waals surface area contributed by atoms with Crippen LogP contribution in [0.3, 0.4) is 0 Å². The first-order valence-electron chi connectivity index (χ1n) is 7.26. The molecule has 0 saturated carbocycles. The molecule has 3 nitrogen and oxygen atoms in total. The van der Waals surface area contributed by atoms with Crippen LogP contribution in [0.4, 0.5) is 0 Å². The van der Waals surface area contributed by atoms with E-state index in [1.165, 1.54) is 17.2 Å². The molecule has 1 aliphatic rings. The molecule has 1 aliphatic heterocycles. The molecule has 18 heavy (non-hydrogen) atoms. The predicted octanol–water partition coefficient (Wildman–Crippen LogP) is 2.77. The second-order valence-corrected chi connectivity index (χ2v) is 6.24. The van der Waals surface area contributed by atoms with Gasteiger partial charge in [0.2, 0.25) is 0 Å². The SMILES string of the molecule is Cc1nc2c(n1CC(C(C)C)C(C)C)CCNC2. The van der Waals surface area contributed by atoms with E-state index < -0.39 is 0 Å². The summed E-state index contributed by atoms with van der Waals surface area (Å²) in [6.45, 7) is 14.7. The fourth-order valence-electron chi connectivity index (χ4n) is 3.15. The first-order chi connectivity index (χ1) is 8.50. The van der Waals surface area contributed by atoms with Crippen molar-refractivity contribution in [2.45, 2.75) is 54.1 Å². The fraction of sp³-hybridized carbons (Fsp3) is 0.800. The minimum absolute atomic E-state index is 0.726. The lowest BCUT2D eigenvalue weighted by Crippen LogP contribution is -2.28. The Morgan fingerprint density at radius 1 is 1.22 bits per heavy atom. The van der Waals surface area contributed by atoms with Gasteiger partial charge in [0, 0.05) is 31.7 Å². The molecule has 1 aromatic heterocycles. The summed E-state index contributed by atoms with van der Waals surface area (Å²) >= 11 is 0. The fourth-order valence-corrected chi connectivity index (χ4v) is 3.15. The maximum absolute atomic E-state index is 4.72. The van der Waals surface area contributed by atoms with Gasteiger partial charge in [-0.05, 0) is 24.7 Å². The summed E-state index contributed by atoms with van der Waals surface area (Å²) in [6, 6.07) is 0. The van der Waals surface area contributed by atoms with Crippen molar-refractivity contribution >= 4 is 0 Å². The molecular formula is C15H27N3. The zero-order valence-electron chi connectivity index (χ0n) is 12.5. The van der Waals surface area contributed by atoms with Crippen molar-refractivity contribution in [2.24, 2.45) is 17.8 Å². The van der Waals surface area contributed by atoms with Crippen molar-refractivity contribution in [3.05, 3.63) is 17.2 Å². The Morgan fingerprint density at radius 3 is 2.50 bits per heavy atom. The quantitative estimate of drug-likeness (QED) is 0.889. The molecule has 2 heterocycles. The summed E-state index contributed by atoms with van der Waals surface area (Å²) in [4.78, 5) is 4.72. The number of hydrogen-bond acceptors (Lipinski definition) is 2. The third-order valence-corrected chi connectivity index (χ3v) is 4.28. The number of nitrogens with one attached hydrogen (secondary N) is 1. The molecule has 0 spiro atoms. The van der Waals surface area contributed by atoms with Crippen molar-refractivity contribution in [2.75, 3.05) is 6.54 Å². The Kier molecular flexibility index (Phi) is 4.10. The van der Waals surface area contributed by atoms with Gasteiger partial charge in [0.15, 0.2) is 0 Å². The van der Waals surface area contributed by atoms with Gasteiger partial charge in [0.1, 0.15) is 5.82 Å². The molecule has 0 aliphatic carbocycles. The molecule has 1 aromatic rings. The molecule has 0 bridgehead atoms. The standard InChI is InChI=1S/C15H27N3/c1-10(2)13(11(3)4)9-18-12(5)17-14-8-16-7-6-15(14)18/h10-11,13,16H,6-9H2,1-5H3. The molecule has 0 aromatic carbocycles. The normalized spacial score (nSPS) is 15.8.